The summed E-state index contributed by atoms with van der Waals surface area (Å²) in [6.07, 6.45) is -2.75. The van der Waals surface area contributed by atoms with Crippen LogP contribution in [0.15, 0.2) is 5.16 Å². The van der Waals surface area contributed by atoms with Crippen molar-refractivity contribution in [3.8, 4) is 0 Å². The molecule has 0 atom stereocenters. The van der Waals surface area contributed by atoms with Gasteiger partial charge < -0.3 is 4.84 Å². The molecular formula is C7H10F3NO. The third-order valence-corrected chi connectivity index (χ3v) is 1.59. The van der Waals surface area contributed by atoms with Crippen molar-refractivity contribution >= 4 is 5.71 Å². The summed E-state index contributed by atoms with van der Waals surface area (Å²) in [6.45, 7) is 0.730. The fourth-order valence-corrected chi connectivity index (χ4v) is 1.02. The Hall–Kier alpha value is -0.740. The van der Waals surface area contributed by atoms with Gasteiger partial charge in [-0.15, -0.1) is 0 Å². The maximum atomic E-state index is 11.5. The van der Waals surface area contributed by atoms with E-state index >= 15 is 0 Å². The summed E-state index contributed by atoms with van der Waals surface area (Å²) in [5.41, 5.74) is 0.728. The highest BCUT2D eigenvalue weighted by atomic mass is 19.4. The Kier molecular flexibility index (Phi) is 2.59. The molecule has 2 nitrogen and oxygen atoms in total. The Labute approximate surface area is 68.4 Å². The molecule has 0 aromatic carbocycles. The summed E-state index contributed by atoms with van der Waals surface area (Å²) in [4.78, 5) is 4.11. The molecule has 0 heterocycles. The van der Waals surface area contributed by atoms with Gasteiger partial charge in [0.25, 0.3) is 0 Å². The quantitative estimate of drug-likeness (QED) is 0.599. The van der Waals surface area contributed by atoms with E-state index in [9.17, 15) is 13.2 Å². The standard InChI is InChI=1S/C7H10F3NO/c1-5-2-6(3-5)11-12-4-7(8,9)10/h5H,2-4H2,1H3. The van der Waals surface area contributed by atoms with Crippen molar-refractivity contribution in [3.63, 3.8) is 0 Å². The zero-order valence-corrected chi connectivity index (χ0v) is 6.69. The highest BCUT2D eigenvalue weighted by Gasteiger charge is 2.29. The molecule has 5 heteroatoms. The van der Waals surface area contributed by atoms with Gasteiger partial charge in [-0.2, -0.15) is 13.2 Å². The van der Waals surface area contributed by atoms with Crippen molar-refractivity contribution in [1.82, 2.24) is 0 Å². The average Bonchev–Trinajstić information content (AvgIpc) is 1.81. The predicted octanol–water partition coefficient (Wildman–Crippen LogP) is 2.35. The van der Waals surface area contributed by atoms with E-state index in [-0.39, 0.29) is 0 Å². The first-order valence-corrected chi connectivity index (χ1v) is 3.72. The summed E-state index contributed by atoms with van der Waals surface area (Å²) >= 11 is 0. The number of nitrogens with zero attached hydrogens (tertiary/aromatic N) is 1. The predicted molar refractivity (Wildman–Crippen MR) is 37.8 cm³/mol. The van der Waals surface area contributed by atoms with Gasteiger partial charge in [0.1, 0.15) is 0 Å². The van der Waals surface area contributed by atoms with E-state index in [0.29, 0.717) is 5.92 Å². The minimum Gasteiger partial charge on any atom is -0.386 e. The minimum absolute atomic E-state index is 0.540. The highest BCUT2D eigenvalue weighted by molar-refractivity contribution is 5.89. The average molecular weight is 181 g/mol. The minimum atomic E-state index is -4.28. The second-order valence-electron chi connectivity index (χ2n) is 3.06. The van der Waals surface area contributed by atoms with Gasteiger partial charge in [-0.25, -0.2) is 0 Å². The van der Waals surface area contributed by atoms with Gasteiger partial charge in [0, 0.05) is 0 Å². The van der Waals surface area contributed by atoms with E-state index in [0.717, 1.165) is 18.6 Å². The van der Waals surface area contributed by atoms with Crippen molar-refractivity contribution in [3.05, 3.63) is 0 Å². The molecule has 0 bridgehead atoms. The van der Waals surface area contributed by atoms with Crippen molar-refractivity contribution in [2.45, 2.75) is 25.9 Å². The topological polar surface area (TPSA) is 21.6 Å². The lowest BCUT2D eigenvalue weighted by Crippen LogP contribution is -2.22. The molecule has 0 saturated heterocycles. The molecule has 0 unspecified atom stereocenters. The number of hydrogen-bond donors (Lipinski definition) is 0. The normalized spacial score (nSPS) is 23.3. The molecule has 0 spiro atoms. The van der Waals surface area contributed by atoms with Gasteiger partial charge in [0.05, 0.1) is 5.71 Å². The van der Waals surface area contributed by atoms with Gasteiger partial charge in [0.2, 0.25) is 6.61 Å². The van der Waals surface area contributed by atoms with Crippen LogP contribution in [0.2, 0.25) is 0 Å². The van der Waals surface area contributed by atoms with Crippen LogP contribution in [0, 0.1) is 5.92 Å². The smallest absolute Gasteiger partial charge is 0.386 e. The van der Waals surface area contributed by atoms with Gasteiger partial charge >= 0.3 is 6.18 Å². The van der Waals surface area contributed by atoms with Crippen LogP contribution in [-0.4, -0.2) is 18.5 Å². The fourth-order valence-electron chi connectivity index (χ4n) is 1.02. The fraction of sp³-hybridized carbons (Fsp3) is 0.857. The Morgan fingerprint density at radius 3 is 2.50 bits per heavy atom. The highest BCUT2D eigenvalue weighted by Crippen LogP contribution is 2.23. The van der Waals surface area contributed by atoms with Gasteiger partial charge in [-0.1, -0.05) is 12.1 Å². The molecular weight excluding hydrogens is 171 g/mol. The van der Waals surface area contributed by atoms with Crippen LogP contribution in [0.4, 0.5) is 13.2 Å². The third-order valence-electron chi connectivity index (χ3n) is 1.59. The van der Waals surface area contributed by atoms with Crippen molar-refractivity contribution in [2.24, 2.45) is 11.1 Å². The van der Waals surface area contributed by atoms with Crippen molar-refractivity contribution in [2.75, 3.05) is 6.61 Å². The Bertz CT molecular complexity index is 180. The molecule has 12 heavy (non-hydrogen) atoms. The van der Waals surface area contributed by atoms with E-state index in [1.165, 1.54) is 0 Å². The first-order valence-electron chi connectivity index (χ1n) is 3.72. The summed E-state index contributed by atoms with van der Waals surface area (Å²) in [5, 5.41) is 3.36. The first-order chi connectivity index (χ1) is 5.47. The van der Waals surface area contributed by atoms with Gasteiger partial charge in [-0.3, -0.25) is 0 Å². The molecule has 0 N–H and O–H groups in total. The van der Waals surface area contributed by atoms with Crippen molar-refractivity contribution < 1.29 is 18.0 Å². The Balaban J connectivity index is 2.14. The van der Waals surface area contributed by atoms with Crippen LogP contribution in [0.1, 0.15) is 19.8 Å². The van der Waals surface area contributed by atoms with E-state index in [1.54, 1.807) is 0 Å². The van der Waals surface area contributed by atoms with E-state index in [2.05, 4.69) is 9.99 Å². The second kappa shape index (κ2) is 3.33. The number of hydrogen-bond acceptors (Lipinski definition) is 2. The molecule has 1 fully saturated rings. The van der Waals surface area contributed by atoms with Crippen LogP contribution in [0.3, 0.4) is 0 Å². The molecule has 0 aromatic rings. The summed E-state index contributed by atoms with van der Waals surface area (Å²) in [5.74, 6) is 0.540. The van der Waals surface area contributed by atoms with Crippen LogP contribution in [-0.2, 0) is 4.84 Å². The maximum Gasteiger partial charge on any atom is 0.425 e. The molecule has 1 rings (SSSR count). The number of halogens is 3. The molecule has 0 aliphatic heterocycles. The van der Waals surface area contributed by atoms with Crippen LogP contribution in [0.25, 0.3) is 0 Å². The molecule has 1 aliphatic carbocycles. The van der Waals surface area contributed by atoms with E-state index < -0.39 is 12.8 Å². The number of rotatable bonds is 2. The number of alkyl halides is 3. The van der Waals surface area contributed by atoms with Crippen LogP contribution < -0.4 is 0 Å². The van der Waals surface area contributed by atoms with Crippen LogP contribution >= 0.6 is 0 Å². The summed E-state index contributed by atoms with van der Waals surface area (Å²) in [6, 6.07) is 0. The third kappa shape index (κ3) is 3.11. The molecule has 0 radical (unpaired) electrons. The van der Waals surface area contributed by atoms with Gasteiger partial charge in [-0.05, 0) is 18.8 Å². The Morgan fingerprint density at radius 1 is 1.50 bits per heavy atom. The summed E-state index contributed by atoms with van der Waals surface area (Å²) in [7, 11) is 0. The zero-order chi connectivity index (χ0) is 9.19. The molecule has 1 aliphatic rings. The van der Waals surface area contributed by atoms with Crippen molar-refractivity contribution in [1.29, 1.82) is 0 Å². The number of oxime groups is 1. The molecule has 1 saturated carbocycles. The monoisotopic (exact) mass is 181 g/mol. The van der Waals surface area contributed by atoms with Crippen LogP contribution in [0.5, 0.6) is 0 Å². The van der Waals surface area contributed by atoms with Gasteiger partial charge in [0.15, 0.2) is 0 Å². The lowest BCUT2D eigenvalue weighted by Gasteiger charge is -2.22. The van der Waals surface area contributed by atoms with E-state index in [4.69, 9.17) is 0 Å². The molecule has 70 valence electrons. The first kappa shape index (κ1) is 9.35. The lowest BCUT2D eigenvalue weighted by atomic mass is 9.85. The van der Waals surface area contributed by atoms with E-state index in [1.807, 2.05) is 6.92 Å². The second-order valence-corrected chi connectivity index (χ2v) is 3.06. The molecule has 0 amide bonds. The summed E-state index contributed by atoms with van der Waals surface area (Å²) < 4.78 is 34.5. The lowest BCUT2D eigenvalue weighted by molar-refractivity contribution is -0.174. The SMILES string of the molecule is CC1CC(=NOCC(F)(F)F)C1. The largest absolute Gasteiger partial charge is 0.425 e. The molecule has 0 aromatic heterocycles. The Morgan fingerprint density at radius 2 is 2.08 bits per heavy atom. The zero-order valence-electron chi connectivity index (χ0n) is 6.69. The maximum absolute atomic E-state index is 11.5.